The van der Waals surface area contributed by atoms with Gasteiger partial charge in [-0.3, -0.25) is 18.7 Å². The molecule has 27 heavy (non-hydrogen) atoms. The Labute approximate surface area is 162 Å². The summed E-state index contributed by atoms with van der Waals surface area (Å²) in [6, 6.07) is 8.70. The molecule has 1 aromatic carbocycles. The first-order chi connectivity index (χ1) is 12.5. The van der Waals surface area contributed by atoms with Gasteiger partial charge >= 0.3 is 5.69 Å². The van der Waals surface area contributed by atoms with Crippen molar-refractivity contribution in [2.24, 2.45) is 7.05 Å². The van der Waals surface area contributed by atoms with Crippen LogP contribution in [0.3, 0.4) is 0 Å². The summed E-state index contributed by atoms with van der Waals surface area (Å²) in [7, 11) is 3.00. The molecule has 1 aromatic heterocycles. The number of hydrogen-bond acceptors (Lipinski definition) is 5. The minimum absolute atomic E-state index is 0. The van der Waals surface area contributed by atoms with E-state index in [-0.39, 0.29) is 30.9 Å². The molecule has 146 valence electrons. The Bertz CT molecular complexity index is 924. The van der Waals surface area contributed by atoms with Crippen LogP contribution in [-0.4, -0.2) is 46.7 Å². The molecule has 1 aliphatic heterocycles. The van der Waals surface area contributed by atoms with Gasteiger partial charge in [0.15, 0.2) is 0 Å². The van der Waals surface area contributed by atoms with E-state index in [1.165, 1.54) is 23.9 Å². The topological polar surface area (TPSA) is 85.6 Å². The van der Waals surface area contributed by atoms with Crippen LogP contribution in [0.5, 0.6) is 5.75 Å². The van der Waals surface area contributed by atoms with E-state index in [9.17, 15) is 14.4 Å². The number of carbonyl (C=O) groups excluding carboxylic acids is 1. The normalized spacial score (nSPS) is 16.5. The van der Waals surface area contributed by atoms with Gasteiger partial charge in [0.25, 0.3) is 5.56 Å². The van der Waals surface area contributed by atoms with Gasteiger partial charge in [0.1, 0.15) is 12.3 Å². The number of benzene rings is 1. The summed E-state index contributed by atoms with van der Waals surface area (Å²) in [6.07, 6.45) is 1.36. The van der Waals surface area contributed by atoms with E-state index in [0.717, 1.165) is 15.9 Å². The lowest BCUT2D eigenvalue weighted by atomic mass is 10.0. The quantitative estimate of drug-likeness (QED) is 0.798. The van der Waals surface area contributed by atoms with Crippen molar-refractivity contribution in [2.75, 3.05) is 26.7 Å². The maximum atomic E-state index is 12.9. The van der Waals surface area contributed by atoms with Crippen molar-refractivity contribution in [3.8, 4) is 5.75 Å². The lowest BCUT2D eigenvalue weighted by Gasteiger charge is -2.37. The standard InChI is InChI=1S/C18H22N4O4.ClH/c1-20-16(23)7-9-21(18(20)25)12-17(24)22-10-8-19-11-14(22)13-5-3-4-6-15(13)26-2;/h3-7,9,14,19H,8,10-12H2,1-2H3;1H. The van der Waals surface area contributed by atoms with Crippen molar-refractivity contribution >= 4 is 18.3 Å². The summed E-state index contributed by atoms with van der Waals surface area (Å²) < 4.78 is 7.68. The van der Waals surface area contributed by atoms with E-state index in [2.05, 4.69) is 5.32 Å². The first-order valence-corrected chi connectivity index (χ1v) is 8.42. The van der Waals surface area contributed by atoms with E-state index in [4.69, 9.17) is 4.74 Å². The number of para-hydroxylation sites is 1. The van der Waals surface area contributed by atoms with E-state index < -0.39 is 11.2 Å². The van der Waals surface area contributed by atoms with E-state index >= 15 is 0 Å². The van der Waals surface area contributed by atoms with Crippen molar-refractivity contribution in [1.29, 1.82) is 0 Å². The van der Waals surface area contributed by atoms with Crippen LogP contribution in [0.4, 0.5) is 0 Å². The van der Waals surface area contributed by atoms with E-state index in [0.29, 0.717) is 19.6 Å². The van der Waals surface area contributed by atoms with Crippen LogP contribution in [-0.2, 0) is 18.4 Å². The lowest BCUT2D eigenvalue weighted by Crippen LogP contribution is -2.50. The SMILES string of the molecule is COc1ccccc1C1CNCCN1C(=O)Cn1ccc(=O)n(C)c1=O.Cl. The zero-order valence-electron chi connectivity index (χ0n) is 15.3. The van der Waals surface area contributed by atoms with Crippen LogP contribution in [0.2, 0.25) is 0 Å². The van der Waals surface area contributed by atoms with Crippen LogP contribution in [0.1, 0.15) is 11.6 Å². The molecule has 1 saturated heterocycles. The van der Waals surface area contributed by atoms with Gasteiger partial charge in [-0.15, -0.1) is 12.4 Å². The van der Waals surface area contributed by atoms with Gasteiger partial charge in [0.05, 0.1) is 13.2 Å². The Hall–Kier alpha value is -2.58. The molecule has 1 aliphatic rings. The molecule has 3 rings (SSSR count). The Kier molecular flexibility index (Phi) is 6.81. The predicted molar refractivity (Wildman–Crippen MR) is 104 cm³/mol. The molecule has 9 heteroatoms. The molecule has 1 fully saturated rings. The minimum Gasteiger partial charge on any atom is -0.496 e. The Morgan fingerprint density at radius 1 is 1.26 bits per heavy atom. The van der Waals surface area contributed by atoms with Crippen LogP contribution in [0, 0.1) is 0 Å². The first kappa shape index (κ1) is 20.7. The molecule has 0 spiro atoms. The summed E-state index contributed by atoms with van der Waals surface area (Å²) in [4.78, 5) is 38.4. The van der Waals surface area contributed by atoms with Crippen LogP contribution in [0.25, 0.3) is 0 Å². The number of rotatable bonds is 4. The number of amides is 1. The van der Waals surface area contributed by atoms with Crippen molar-refractivity contribution in [1.82, 2.24) is 19.4 Å². The average molecular weight is 395 g/mol. The van der Waals surface area contributed by atoms with E-state index in [1.54, 1.807) is 12.0 Å². The maximum Gasteiger partial charge on any atom is 0.331 e. The number of nitrogens with zero attached hydrogens (tertiary/aromatic N) is 3. The van der Waals surface area contributed by atoms with Gasteiger partial charge in [-0.1, -0.05) is 18.2 Å². The lowest BCUT2D eigenvalue weighted by molar-refractivity contribution is -0.135. The molecule has 1 amide bonds. The molecule has 2 heterocycles. The van der Waals surface area contributed by atoms with Gasteiger partial charge in [-0.05, 0) is 6.07 Å². The molecule has 0 aliphatic carbocycles. The summed E-state index contributed by atoms with van der Waals surface area (Å²) in [5, 5.41) is 3.30. The van der Waals surface area contributed by atoms with E-state index in [1.807, 2.05) is 24.3 Å². The van der Waals surface area contributed by atoms with Gasteiger partial charge in [-0.2, -0.15) is 0 Å². The number of methoxy groups -OCH3 is 1. The fourth-order valence-corrected chi connectivity index (χ4v) is 3.20. The van der Waals surface area contributed by atoms with Crippen LogP contribution in [0.15, 0.2) is 46.1 Å². The molecule has 1 atom stereocenters. The number of aromatic nitrogens is 2. The number of carbonyl (C=O) groups is 1. The fraction of sp³-hybridized carbons (Fsp3) is 0.389. The third-order valence-electron chi connectivity index (χ3n) is 4.63. The molecule has 0 bridgehead atoms. The Morgan fingerprint density at radius 2 is 2.00 bits per heavy atom. The molecular weight excluding hydrogens is 372 g/mol. The van der Waals surface area contributed by atoms with Crippen LogP contribution >= 0.6 is 12.4 Å². The molecule has 1 unspecified atom stereocenters. The van der Waals surface area contributed by atoms with Crippen molar-refractivity contribution in [2.45, 2.75) is 12.6 Å². The highest BCUT2D eigenvalue weighted by Gasteiger charge is 2.30. The monoisotopic (exact) mass is 394 g/mol. The number of halogens is 1. The molecule has 1 N–H and O–H groups in total. The van der Waals surface area contributed by atoms with Crippen molar-refractivity contribution < 1.29 is 9.53 Å². The molecular formula is C18H23ClN4O4. The minimum atomic E-state index is -0.505. The zero-order valence-corrected chi connectivity index (χ0v) is 16.1. The highest BCUT2D eigenvalue weighted by Crippen LogP contribution is 2.30. The number of nitrogens with one attached hydrogen (secondary N) is 1. The Balaban J connectivity index is 0.00000261. The summed E-state index contributed by atoms with van der Waals surface area (Å²) >= 11 is 0. The van der Waals surface area contributed by atoms with Crippen molar-refractivity contribution in [3.05, 3.63) is 62.9 Å². The second kappa shape index (κ2) is 8.88. The van der Waals surface area contributed by atoms with Gasteiger partial charge < -0.3 is 15.0 Å². The zero-order chi connectivity index (χ0) is 18.7. The fourth-order valence-electron chi connectivity index (χ4n) is 3.20. The van der Waals surface area contributed by atoms with Crippen LogP contribution < -0.4 is 21.3 Å². The predicted octanol–water partition coefficient (Wildman–Crippen LogP) is 0.151. The molecule has 2 aromatic rings. The van der Waals surface area contributed by atoms with Gasteiger partial charge in [-0.25, -0.2) is 4.79 Å². The molecule has 0 radical (unpaired) electrons. The second-order valence-electron chi connectivity index (χ2n) is 6.17. The summed E-state index contributed by atoms with van der Waals surface area (Å²) in [6.45, 7) is 1.70. The highest BCUT2D eigenvalue weighted by molar-refractivity contribution is 5.85. The Morgan fingerprint density at radius 3 is 2.74 bits per heavy atom. The number of ether oxygens (including phenoxy) is 1. The average Bonchev–Trinajstić information content (AvgIpc) is 2.68. The molecule has 0 saturated carbocycles. The second-order valence-corrected chi connectivity index (χ2v) is 6.17. The van der Waals surface area contributed by atoms with Gasteiger partial charge in [0.2, 0.25) is 5.91 Å². The summed E-state index contributed by atoms with van der Waals surface area (Å²) in [5.41, 5.74) is 0.0194. The first-order valence-electron chi connectivity index (χ1n) is 8.42. The third kappa shape index (κ3) is 4.23. The van der Waals surface area contributed by atoms with Gasteiger partial charge in [0, 0.05) is 44.5 Å². The summed E-state index contributed by atoms with van der Waals surface area (Å²) in [5.74, 6) is 0.543. The number of piperazine rings is 1. The van der Waals surface area contributed by atoms with Crippen molar-refractivity contribution in [3.63, 3.8) is 0 Å². The molecule has 8 nitrogen and oxygen atoms in total. The number of hydrogen-bond donors (Lipinski definition) is 1. The smallest absolute Gasteiger partial charge is 0.331 e. The highest BCUT2D eigenvalue weighted by atomic mass is 35.5. The largest absolute Gasteiger partial charge is 0.496 e. The third-order valence-corrected chi connectivity index (χ3v) is 4.63. The maximum absolute atomic E-state index is 12.9.